The van der Waals surface area contributed by atoms with Gasteiger partial charge in [0.25, 0.3) is 0 Å². The zero-order valence-electron chi connectivity index (χ0n) is 9.74. The third-order valence-corrected chi connectivity index (χ3v) is 3.27. The van der Waals surface area contributed by atoms with Crippen molar-refractivity contribution in [1.82, 2.24) is 4.98 Å². The lowest BCUT2D eigenvalue weighted by atomic mass is 10.2. The van der Waals surface area contributed by atoms with Crippen LogP contribution in [0.1, 0.15) is 6.42 Å². The molecule has 96 valence electrons. The van der Waals surface area contributed by atoms with Gasteiger partial charge in [0.2, 0.25) is 5.82 Å². The molecule has 2 aliphatic heterocycles. The van der Waals surface area contributed by atoms with Crippen molar-refractivity contribution in [3.05, 3.63) is 28.4 Å². The Morgan fingerprint density at radius 2 is 2.22 bits per heavy atom. The van der Waals surface area contributed by atoms with Crippen LogP contribution in [0.3, 0.4) is 0 Å². The largest absolute Gasteiger partial charge is 0.346 e. The molecule has 3 rings (SSSR count). The van der Waals surface area contributed by atoms with Crippen LogP contribution < -0.4 is 4.90 Å². The van der Waals surface area contributed by atoms with E-state index in [4.69, 9.17) is 9.47 Å². The van der Waals surface area contributed by atoms with Crippen LogP contribution >= 0.6 is 0 Å². The summed E-state index contributed by atoms with van der Waals surface area (Å²) in [6, 6.07) is 3.03. The first-order valence-electron chi connectivity index (χ1n) is 5.82. The maximum Gasteiger partial charge on any atom is 0.311 e. The zero-order valence-corrected chi connectivity index (χ0v) is 9.74. The van der Waals surface area contributed by atoms with Crippen molar-refractivity contribution in [1.29, 1.82) is 0 Å². The number of nitrogens with zero attached hydrogens (tertiary/aromatic N) is 3. The highest BCUT2D eigenvalue weighted by atomic mass is 16.7. The minimum atomic E-state index is -0.592. The molecule has 0 amide bonds. The standard InChI is InChI=1S/C11H13N3O4/c15-14(16)9-2-1-4-12-10(9)13-5-3-11(8-13)17-6-7-18-11/h1-2,4H,3,5-8H2. The first-order chi connectivity index (χ1) is 8.70. The third-order valence-electron chi connectivity index (χ3n) is 3.27. The van der Waals surface area contributed by atoms with Gasteiger partial charge in [0.05, 0.1) is 24.7 Å². The average molecular weight is 251 g/mol. The summed E-state index contributed by atoms with van der Waals surface area (Å²) in [4.78, 5) is 16.5. The molecule has 0 saturated carbocycles. The van der Waals surface area contributed by atoms with Crippen LogP contribution in [-0.2, 0) is 9.47 Å². The fourth-order valence-electron chi connectivity index (χ4n) is 2.44. The predicted molar refractivity (Wildman–Crippen MR) is 62.4 cm³/mol. The highest BCUT2D eigenvalue weighted by Gasteiger charge is 2.44. The molecule has 0 bridgehead atoms. The average Bonchev–Trinajstić information content (AvgIpc) is 3.00. The minimum absolute atomic E-state index is 0.0209. The van der Waals surface area contributed by atoms with Gasteiger partial charge in [0, 0.05) is 25.2 Å². The Labute approximate surface area is 103 Å². The molecular weight excluding hydrogens is 238 g/mol. The number of aromatic nitrogens is 1. The van der Waals surface area contributed by atoms with Crippen LogP contribution in [-0.4, -0.2) is 42.0 Å². The maximum absolute atomic E-state index is 11.0. The fourth-order valence-corrected chi connectivity index (χ4v) is 2.44. The molecule has 1 spiro atoms. The highest BCUT2D eigenvalue weighted by molar-refractivity contribution is 5.58. The van der Waals surface area contributed by atoms with Crippen LogP contribution in [0.25, 0.3) is 0 Å². The van der Waals surface area contributed by atoms with E-state index in [1.54, 1.807) is 12.3 Å². The minimum Gasteiger partial charge on any atom is -0.346 e. The quantitative estimate of drug-likeness (QED) is 0.575. The monoisotopic (exact) mass is 251 g/mol. The first-order valence-corrected chi connectivity index (χ1v) is 5.82. The molecule has 2 aliphatic rings. The Morgan fingerprint density at radius 3 is 2.94 bits per heavy atom. The second-order valence-corrected chi connectivity index (χ2v) is 4.38. The van der Waals surface area contributed by atoms with Crippen molar-refractivity contribution in [3.63, 3.8) is 0 Å². The van der Waals surface area contributed by atoms with Gasteiger partial charge in [-0.3, -0.25) is 10.1 Å². The smallest absolute Gasteiger partial charge is 0.311 e. The van der Waals surface area contributed by atoms with E-state index in [2.05, 4.69) is 4.98 Å². The van der Waals surface area contributed by atoms with Gasteiger partial charge in [-0.25, -0.2) is 4.98 Å². The van der Waals surface area contributed by atoms with Crippen LogP contribution in [0.2, 0.25) is 0 Å². The van der Waals surface area contributed by atoms with Gasteiger partial charge in [-0.15, -0.1) is 0 Å². The Hall–Kier alpha value is -1.73. The molecular formula is C11H13N3O4. The molecule has 0 radical (unpaired) electrons. The Bertz CT molecular complexity index is 473. The van der Waals surface area contributed by atoms with Crippen LogP contribution in [0.15, 0.2) is 18.3 Å². The number of hydrogen-bond donors (Lipinski definition) is 0. The predicted octanol–water partition coefficient (Wildman–Crippen LogP) is 0.943. The summed E-state index contributed by atoms with van der Waals surface area (Å²) in [6.45, 7) is 2.30. The molecule has 3 heterocycles. The van der Waals surface area contributed by atoms with Crippen molar-refractivity contribution in [3.8, 4) is 0 Å². The molecule has 0 N–H and O–H groups in total. The maximum atomic E-state index is 11.0. The number of anilines is 1. The molecule has 0 aliphatic carbocycles. The van der Waals surface area contributed by atoms with E-state index in [0.717, 1.165) is 0 Å². The number of ether oxygens (including phenoxy) is 2. The number of nitro groups is 1. The molecule has 2 saturated heterocycles. The summed E-state index contributed by atoms with van der Waals surface area (Å²) in [5.41, 5.74) is 0.0209. The van der Waals surface area contributed by atoms with Crippen molar-refractivity contribution in [2.45, 2.75) is 12.2 Å². The van der Waals surface area contributed by atoms with Crippen LogP contribution in [0.5, 0.6) is 0 Å². The van der Waals surface area contributed by atoms with E-state index in [0.29, 0.717) is 38.5 Å². The third kappa shape index (κ3) is 1.81. The van der Waals surface area contributed by atoms with Crippen molar-refractivity contribution in [2.24, 2.45) is 0 Å². The molecule has 7 nitrogen and oxygen atoms in total. The van der Waals surface area contributed by atoms with Crippen LogP contribution in [0.4, 0.5) is 11.5 Å². The van der Waals surface area contributed by atoms with Crippen molar-refractivity contribution in [2.75, 3.05) is 31.2 Å². The molecule has 7 heteroatoms. The normalized spacial score (nSPS) is 21.7. The van der Waals surface area contributed by atoms with Crippen molar-refractivity contribution < 1.29 is 14.4 Å². The second-order valence-electron chi connectivity index (χ2n) is 4.38. The molecule has 2 fully saturated rings. The van der Waals surface area contributed by atoms with Crippen molar-refractivity contribution >= 4 is 11.5 Å². The van der Waals surface area contributed by atoms with Gasteiger partial charge in [-0.2, -0.15) is 0 Å². The summed E-state index contributed by atoms with van der Waals surface area (Å²) in [6.07, 6.45) is 2.27. The summed E-state index contributed by atoms with van der Waals surface area (Å²) in [5.74, 6) is -0.204. The van der Waals surface area contributed by atoms with E-state index < -0.39 is 10.7 Å². The Morgan fingerprint density at radius 1 is 1.44 bits per heavy atom. The first kappa shape index (κ1) is 11.4. The van der Waals surface area contributed by atoms with E-state index in [9.17, 15) is 10.1 Å². The summed E-state index contributed by atoms with van der Waals surface area (Å²) in [5, 5.41) is 11.0. The van der Waals surface area contributed by atoms with E-state index in [-0.39, 0.29) is 5.69 Å². The summed E-state index contributed by atoms with van der Waals surface area (Å²) in [7, 11) is 0. The van der Waals surface area contributed by atoms with Gasteiger partial charge in [-0.1, -0.05) is 0 Å². The molecule has 1 aromatic heterocycles. The van der Waals surface area contributed by atoms with E-state index in [1.165, 1.54) is 6.07 Å². The summed E-state index contributed by atoms with van der Waals surface area (Å²) < 4.78 is 11.2. The lowest BCUT2D eigenvalue weighted by Gasteiger charge is -2.22. The number of rotatable bonds is 2. The number of hydrogen-bond acceptors (Lipinski definition) is 6. The van der Waals surface area contributed by atoms with Gasteiger partial charge < -0.3 is 14.4 Å². The molecule has 0 atom stereocenters. The molecule has 0 aromatic carbocycles. The van der Waals surface area contributed by atoms with E-state index in [1.807, 2.05) is 4.90 Å². The summed E-state index contributed by atoms with van der Waals surface area (Å²) >= 11 is 0. The zero-order chi connectivity index (χ0) is 12.6. The topological polar surface area (TPSA) is 77.7 Å². The SMILES string of the molecule is O=[N+]([O-])c1cccnc1N1CCC2(C1)OCCO2. The Kier molecular flexibility index (Phi) is 2.64. The lowest BCUT2D eigenvalue weighted by Crippen LogP contribution is -2.34. The van der Waals surface area contributed by atoms with Gasteiger partial charge in [0.15, 0.2) is 5.79 Å². The lowest BCUT2D eigenvalue weighted by molar-refractivity contribution is -0.384. The number of pyridine rings is 1. The van der Waals surface area contributed by atoms with Crippen LogP contribution in [0, 0.1) is 10.1 Å². The second kappa shape index (κ2) is 4.18. The highest BCUT2D eigenvalue weighted by Crippen LogP contribution is 2.35. The van der Waals surface area contributed by atoms with E-state index >= 15 is 0 Å². The molecule has 0 unspecified atom stereocenters. The van der Waals surface area contributed by atoms with Gasteiger partial charge >= 0.3 is 5.69 Å². The molecule has 18 heavy (non-hydrogen) atoms. The van der Waals surface area contributed by atoms with Gasteiger partial charge in [0.1, 0.15) is 0 Å². The fraction of sp³-hybridized carbons (Fsp3) is 0.545. The van der Waals surface area contributed by atoms with Gasteiger partial charge in [-0.05, 0) is 6.07 Å². The Balaban J connectivity index is 1.86. The molecule has 1 aromatic rings.